The molecule has 0 bridgehead atoms. The van der Waals surface area contributed by atoms with Gasteiger partial charge in [0.2, 0.25) is 6.29 Å². The van der Waals surface area contributed by atoms with E-state index in [0.717, 1.165) is 5.56 Å². The van der Waals surface area contributed by atoms with Crippen LogP contribution in [0.25, 0.3) is 0 Å². The Kier molecular flexibility index (Phi) is 2.74. The van der Waals surface area contributed by atoms with Crippen molar-refractivity contribution in [3.05, 3.63) is 30.1 Å². The number of rotatable bonds is 3. The monoisotopic (exact) mass is 149 g/mol. The van der Waals surface area contributed by atoms with Crippen LogP contribution in [0.2, 0.25) is 0 Å². The van der Waals surface area contributed by atoms with Crippen molar-refractivity contribution < 1.29 is 4.79 Å². The van der Waals surface area contributed by atoms with Gasteiger partial charge in [0.05, 0.1) is 6.04 Å². The van der Waals surface area contributed by atoms with E-state index in [4.69, 9.17) is 5.73 Å². The molecule has 1 atom stereocenters. The molecule has 11 heavy (non-hydrogen) atoms. The fourth-order valence-electron chi connectivity index (χ4n) is 0.814. The molecule has 0 spiro atoms. The summed E-state index contributed by atoms with van der Waals surface area (Å²) in [5.74, 6) is 0. The van der Waals surface area contributed by atoms with Gasteiger partial charge in [0.25, 0.3) is 0 Å². The molecule has 0 saturated heterocycles. The van der Waals surface area contributed by atoms with Gasteiger partial charge in [-0.25, -0.2) is 0 Å². The van der Waals surface area contributed by atoms with Crippen LogP contribution >= 0.6 is 0 Å². The summed E-state index contributed by atoms with van der Waals surface area (Å²) in [7, 11) is 0. The molecule has 1 aromatic heterocycles. The number of hydrogen-bond donors (Lipinski definition) is 1. The maximum Gasteiger partial charge on any atom is 0.217 e. The molecular weight excluding hydrogens is 140 g/mol. The van der Waals surface area contributed by atoms with Crippen LogP contribution < -0.4 is 5.73 Å². The van der Waals surface area contributed by atoms with Gasteiger partial charge in [0, 0.05) is 12.4 Å². The van der Waals surface area contributed by atoms with Gasteiger partial charge in [-0.05, 0) is 18.1 Å². The number of nitrogens with zero attached hydrogens (tertiary/aromatic N) is 1. The van der Waals surface area contributed by atoms with Crippen LogP contribution in [-0.2, 0) is 11.2 Å². The van der Waals surface area contributed by atoms with Gasteiger partial charge in [-0.2, -0.15) is 0 Å². The van der Waals surface area contributed by atoms with E-state index < -0.39 is 6.04 Å². The highest BCUT2D eigenvalue weighted by Gasteiger charge is 2.01. The summed E-state index contributed by atoms with van der Waals surface area (Å²) in [4.78, 5) is 13.9. The molecule has 3 nitrogen and oxygen atoms in total. The summed E-state index contributed by atoms with van der Waals surface area (Å²) >= 11 is 0. The Morgan fingerprint density at radius 1 is 1.73 bits per heavy atom. The zero-order chi connectivity index (χ0) is 8.10. The van der Waals surface area contributed by atoms with E-state index in [0.29, 0.717) is 6.42 Å². The largest absolute Gasteiger partial charge is 0.321 e. The fraction of sp³-hybridized carbons (Fsp3) is 0.250. The molecular formula is C8H9N2O. The van der Waals surface area contributed by atoms with Crippen molar-refractivity contribution in [1.82, 2.24) is 4.98 Å². The van der Waals surface area contributed by atoms with Gasteiger partial charge < -0.3 is 5.73 Å². The Bertz CT molecular complexity index is 223. The average molecular weight is 149 g/mol. The molecule has 1 heterocycles. The highest BCUT2D eigenvalue weighted by molar-refractivity contribution is 5.58. The standard InChI is InChI=1S/C8H9N2O/c9-8(6-11)4-7-2-1-3-10-5-7/h1-3,5,8H,4,9H2. The molecule has 0 aliphatic heterocycles. The highest BCUT2D eigenvalue weighted by Crippen LogP contribution is 1.97. The van der Waals surface area contributed by atoms with Crippen LogP contribution in [-0.4, -0.2) is 17.3 Å². The number of hydrogen-bond acceptors (Lipinski definition) is 3. The zero-order valence-corrected chi connectivity index (χ0v) is 6.03. The van der Waals surface area contributed by atoms with E-state index >= 15 is 0 Å². The summed E-state index contributed by atoms with van der Waals surface area (Å²) in [5, 5.41) is 0. The molecule has 0 fully saturated rings. The first kappa shape index (κ1) is 7.88. The third-order valence-electron chi connectivity index (χ3n) is 1.33. The average Bonchev–Trinajstić information content (AvgIpc) is 2.06. The van der Waals surface area contributed by atoms with E-state index in [1.54, 1.807) is 18.7 Å². The number of carbonyl (C=O) groups excluding carboxylic acids is 1. The van der Waals surface area contributed by atoms with Crippen LogP contribution in [0.5, 0.6) is 0 Å². The van der Waals surface area contributed by atoms with Crippen LogP contribution in [0.15, 0.2) is 24.5 Å². The Labute approximate surface area is 65.2 Å². The van der Waals surface area contributed by atoms with Crippen LogP contribution in [0, 0.1) is 0 Å². The van der Waals surface area contributed by atoms with Crippen molar-refractivity contribution >= 4 is 6.29 Å². The van der Waals surface area contributed by atoms with Crippen molar-refractivity contribution in [3.63, 3.8) is 0 Å². The molecule has 1 aromatic rings. The SMILES string of the molecule is NC([C]=O)Cc1cccnc1. The van der Waals surface area contributed by atoms with E-state index in [1.165, 1.54) is 0 Å². The normalized spacial score (nSPS) is 12.5. The lowest BCUT2D eigenvalue weighted by molar-refractivity contribution is 0.540. The molecule has 0 aliphatic rings. The minimum atomic E-state index is -0.529. The number of aromatic nitrogens is 1. The molecule has 1 radical (unpaired) electrons. The summed E-state index contributed by atoms with van der Waals surface area (Å²) in [6.07, 6.45) is 5.60. The van der Waals surface area contributed by atoms with Crippen LogP contribution in [0.4, 0.5) is 0 Å². The Balaban J connectivity index is 2.57. The topological polar surface area (TPSA) is 56.0 Å². The Hall–Kier alpha value is -1.22. The van der Waals surface area contributed by atoms with Crippen molar-refractivity contribution in [3.8, 4) is 0 Å². The molecule has 0 aliphatic carbocycles. The van der Waals surface area contributed by atoms with E-state index in [2.05, 4.69) is 4.98 Å². The van der Waals surface area contributed by atoms with E-state index in [9.17, 15) is 4.79 Å². The molecule has 1 unspecified atom stereocenters. The second kappa shape index (κ2) is 3.83. The maximum atomic E-state index is 10.0. The lowest BCUT2D eigenvalue weighted by Gasteiger charge is -2.00. The van der Waals surface area contributed by atoms with Crippen LogP contribution in [0.1, 0.15) is 5.56 Å². The van der Waals surface area contributed by atoms with Gasteiger partial charge in [-0.15, -0.1) is 0 Å². The van der Waals surface area contributed by atoms with Gasteiger partial charge in [-0.3, -0.25) is 9.78 Å². The minimum absolute atomic E-state index is 0.511. The first-order chi connectivity index (χ1) is 5.33. The highest BCUT2D eigenvalue weighted by atomic mass is 16.1. The molecule has 0 aromatic carbocycles. The molecule has 2 N–H and O–H groups in total. The molecule has 57 valence electrons. The predicted octanol–water partition coefficient (Wildman–Crippen LogP) is 0.0611. The van der Waals surface area contributed by atoms with Gasteiger partial charge in [0.15, 0.2) is 0 Å². The van der Waals surface area contributed by atoms with Crippen molar-refractivity contribution in [2.24, 2.45) is 5.73 Å². The van der Waals surface area contributed by atoms with E-state index in [-0.39, 0.29) is 0 Å². The summed E-state index contributed by atoms with van der Waals surface area (Å²) < 4.78 is 0. The smallest absolute Gasteiger partial charge is 0.217 e. The van der Waals surface area contributed by atoms with Crippen molar-refractivity contribution in [2.45, 2.75) is 12.5 Å². The first-order valence-electron chi connectivity index (χ1n) is 3.35. The van der Waals surface area contributed by atoms with E-state index in [1.807, 2.05) is 12.1 Å². The maximum absolute atomic E-state index is 10.0. The minimum Gasteiger partial charge on any atom is -0.321 e. The fourth-order valence-corrected chi connectivity index (χ4v) is 0.814. The van der Waals surface area contributed by atoms with Crippen molar-refractivity contribution in [1.29, 1.82) is 0 Å². The molecule has 1 rings (SSSR count). The third kappa shape index (κ3) is 2.47. The van der Waals surface area contributed by atoms with Crippen LogP contribution in [0.3, 0.4) is 0 Å². The lowest BCUT2D eigenvalue weighted by atomic mass is 10.1. The molecule has 3 heteroatoms. The number of pyridine rings is 1. The van der Waals surface area contributed by atoms with Gasteiger partial charge in [0.1, 0.15) is 0 Å². The predicted molar refractivity (Wildman–Crippen MR) is 41.6 cm³/mol. The first-order valence-corrected chi connectivity index (χ1v) is 3.35. The molecule has 0 saturated carbocycles. The lowest BCUT2D eigenvalue weighted by Crippen LogP contribution is -2.23. The number of nitrogens with two attached hydrogens (primary N) is 1. The summed E-state index contributed by atoms with van der Waals surface area (Å²) in [6, 6.07) is 3.16. The Morgan fingerprint density at radius 2 is 2.55 bits per heavy atom. The molecule has 0 amide bonds. The van der Waals surface area contributed by atoms with Gasteiger partial charge in [-0.1, -0.05) is 6.07 Å². The van der Waals surface area contributed by atoms with Gasteiger partial charge >= 0.3 is 0 Å². The Morgan fingerprint density at radius 3 is 3.09 bits per heavy atom. The van der Waals surface area contributed by atoms with Crippen molar-refractivity contribution in [2.75, 3.05) is 0 Å². The second-order valence-corrected chi connectivity index (χ2v) is 2.29. The summed E-state index contributed by atoms with van der Waals surface area (Å²) in [5.41, 5.74) is 6.32. The zero-order valence-electron chi connectivity index (χ0n) is 6.03. The third-order valence-corrected chi connectivity index (χ3v) is 1.33. The summed E-state index contributed by atoms with van der Waals surface area (Å²) in [6.45, 7) is 0. The second-order valence-electron chi connectivity index (χ2n) is 2.29. The quantitative estimate of drug-likeness (QED) is 0.661.